The molecule has 1 N–H and O–H groups in total. The lowest BCUT2D eigenvalue weighted by Gasteiger charge is -2.22. The van der Waals surface area contributed by atoms with Crippen LogP contribution in [0.25, 0.3) is 0 Å². The Morgan fingerprint density at radius 1 is 1.16 bits per heavy atom. The van der Waals surface area contributed by atoms with E-state index in [9.17, 15) is 18.0 Å². The second-order valence-electron chi connectivity index (χ2n) is 6.57. The molecule has 31 heavy (non-hydrogen) atoms. The number of methoxy groups -OCH3 is 1. The normalized spacial score (nSPS) is 11.0. The molecule has 0 aliphatic rings. The van der Waals surface area contributed by atoms with Crippen molar-refractivity contribution in [3.05, 3.63) is 53.1 Å². The molecule has 168 valence electrons. The van der Waals surface area contributed by atoms with Crippen molar-refractivity contribution in [3.63, 3.8) is 0 Å². The summed E-state index contributed by atoms with van der Waals surface area (Å²) in [5, 5.41) is 2.63. The van der Waals surface area contributed by atoms with E-state index in [0.29, 0.717) is 18.0 Å². The van der Waals surface area contributed by atoms with E-state index in [1.807, 2.05) is 6.92 Å². The van der Waals surface area contributed by atoms with Crippen molar-refractivity contribution in [2.75, 3.05) is 31.6 Å². The van der Waals surface area contributed by atoms with Crippen LogP contribution < -0.4 is 14.4 Å². The number of esters is 1. The maximum atomic E-state index is 13.1. The van der Waals surface area contributed by atoms with Gasteiger partial charge in [0.1, 0.15) is 5.75 Å². The molecule has 8 nitrogen and oxygen atoms in total. The SMILES string of the molecule is CCCCNC(=O)COC(=O)c1cc(S(=O)(=O)N(C)c2ccccc2OC)ccc1Cl. The van der Waals surface area contributed by atoms with Gasteiger partial charge in [-0.1, -0.05) is 37.1 Å². The molecule has 0 heterocycles. The molecule has 2 aromatic carbocycles. The molecule has 0 fully saturated rings. The van der Waals surface area contributed by atoms with Crippen molar-refractivity contribution in [3.8, 4) is 5.75 Å². The zero-order chi connectivity index (χ0) is 23.0. The van der Waals surface area contributed by atoms with Gasteiger partial charge in [0.15, 0.2) is 6.61 Å². The fourth-order valence-corrected chi connectivity index (χ4v) is 4.09. The maximum Gasteiger partial charge on any atom is 0.340 e. The number of unbranched alkanes of at least 4 members (excludes halogenated alkanes) is 1. The number of benzene rings is 2. The van der Waals surface area contributed by atoms with Crippen LogP contribution >= 0.6 is 11.6 Å². The van der Waals surface area contributed by atoms with E-state index in [2.05, 4.69) is 5.32 Å². The minimum atomic E-state index is -4.04. The molecule has 10 heteroatoms. The number of para-hydroxylation sites is 2. The number of rotatable bonds is 10. The van der Waals surface area contributed by atoms with Crippen molar-refractivity contribution < 1.29 is 27.5 Å². The standard InChI is InChI=1S/C21H25ClN2O6S/c1-4-5-12-23-20(25)14-30-21(26)16-13-15(10-11-17(16)22)31(27,28)24(2)18-8-6-7-9-19(18)29-3/h6-11,13H,4-5,12,14H2,1-3H3,(H,23,25). The van der Waals surface area contributed by atoms with Gasteiger partial charge in [0.2, 0.25) is 0 Å². The lowest BCUT2D eigenvalue weighted by Crippen LogP contribution is -2.29. The van der Waals surface area contributed by atoms with E-state index in [0.717, 1.165) is 23.2 Å². The molecule has 1 amide bonds. The fourth-order valence-electron chi connectivity index (χ4n) is 2.66. The van der Waals surface area contributed by atoms with E-state index < -0.39 is 28.5 Å². The Balaban J connectivity index is 2.23. The van der Waals surface area contributed by atoms with Gasteiger partial charge in [-0.3, -0.25) is 9.10 Å². The molecule has 0 atom stereocenters. The zero-order valence-electron chi connectivity index (χ0n) is 17.6. The smallest absolute Gasteiger partial charge is 0.340 e. The van der Waals surface area contributed by atoms with Crippen LogP contribution in [0.1, 0.15) is 30.1 Å². The molecule has 0 bridgehead atoms. The fraction of sp³-hybridized carbons (Fsp3) is 0.333. The Kier molecular flexibility index (Phi) is 8.70. The molecular formula is C21H25ClN2O6S. The summed E-state index contributed by atoms with van der Waals surface area (Å²) in [6.07, 6.45) is 1.73. The van der Waals surface area contributed by atoms with Crippen molar-refractivity contribution in [1.82, 2.24) is 5.32 Å². The van der Waals surface area contributed by atoms with Crippen LogP contribution in [0, 0.1) is 0 Å². The number of hydrogen-bond donors (Lipinski definition) is 1. The van der Waals surface area contributed by atoms with Crippen molar-refractivity contribution in [2.24, 2.45) is 0 Å². The number of nitrogens with zero attached hydrogens (tertiary/aromatic N) is 1. The third-order valence-electron chi connectivity index (χ3n) is 4.43. The van der Waals surface area contributed by atoms with Crippen LogP contribution in [0.5, 0.6) is 5.75 Å². The second kappa shape index (κ2) is 11.0. The molecule has 0 radical (unpaired) electrons. The summed E-state index contributed by atoms with van der Waals surface area (Å²) in [7, 11) is -1.22. The summed E-state index contributed by atoms with van der Waals surface area (Å²) in [4.78, 5) is 24.0. The first-order chi connectivity index (χ1) is 14.7. The number of halogens is 1. The minimum absolute atomic E-state index is 0.00952. The molecular weight excluding hydrogens is 444 g/mol. The third kappa shape index (κ3) is 6.11. The van der Waals surface area contributed by atoms with Gasteiger partial charge in [-0.2, -0.15) is 0 Å². The number of nitrogens with one attached hydrogen (secondary N) is 1. The molecule has 0 aliphatic heterocycles. The first kappa shape index (κ1) is 24.5. The average molecular weight is 469 g/mol. The van der Waals surface area contributed by atoms with Crippen LogP contribution in [-0.4, -0.2) is 47.6 Å². The number of amides is 1. The van der Waals surface area contributed by atoms with Crippen LogP contribution in [-0.2, 0) is 19.6 Å². The number of ether oxygens (including phenoxy) is 2. The molecule has 0 unspecified atom stereocenters. The zero-order valence-corrected chi connectivity index (χ0v) is 19.1. The Hall–Kier alpha value is -2.78. The van der Waals surface area contributed by atoms with Crippen LogP contribution in [0.2, 0.25) is 5.02 Å². The second-order valence-corrected chi connectivity index (χ2v) is 8.94. The molecule has 0 spiro atoms. The van der Waals surface area contributed by atoms with Gasteiger partial charge >= 0.3 is 5.97 Å². The van der Waals surface area contributed by atoms with Crippen molar-refractivity contribution in [2.45, 2.75) is 24.7 Å². The average Bonchev–Trinajstić information content (AvgIpc) is 2.77. The maximum absolute atomic E-state index is 13.1. The van der Waals surface area contributed by atoms with Gasteiger partial charge < -0.3 is 14.8 Å². The predicted molar refractivity (Wildman–Crippen MR) is 118 cm³/mol. The van der Waals surface area contributed by atoms with Gasteiger partial charge in [0, 0.05) is 13.6 Å². The third-order valence-corrected chi connectivity index (χ3v) is 6.52. The number of anilines is 1. The molecule has 0 saturated heterocycles. The Morgan fingerprint density at radius 3 is 2.55 bits per heavy atom. The molecule has 2 rings (SSSR count). The first-order valence-corrected chi connectivity index (χ1v) is 11.4. The Morgan fingerprint density at radius 2 is 1.87 bits per heavy atom. The van der Waals surface area contributed by atoms with Gasteiger partial charge in [-0.15, -0.1) is 0 Å². The van der Waals surface area contributed by atoms with Gasteiger partial charge in [-0.05, 0) is 36.8 Å². The first-order valence-electron chi connectivity index (χ1n) is 9.57. The highest BCUT2D eigenvalue weighted by Gasteiger charge is 2.26. The van der Waals surface area contributed by atoms with Gasteiger partial charge in [0.25, 0.3) is 15.9 Å². The highest BCUT2D eigenvalue weighted by Crippen LogP contribution is 2.32. The van der Waals surface area contributed by atoms with Crippen LogP contribution in [0.4, 0.5) is 5.69 Å². The van der Waals surface area contributed by atoms with E-state index in [-0.39, 0.29) is 15.5 Å². The lowest BCUT2D eigenvalue weighted by molar-refractivity contribution is -0.124. The monoisotopic (exact) mass is 468 g/mol. The molecule has 0 saturated carbocycles. The summed E-state index contributed by atoms with van der Waals surface area (Å²) in [5.74, 6) is -0.971. The van der Waals surface area contributed by atoms with Gasteiger partial charge in [0.05, 0.1) is 28.3 Å². The molecule has 0 aliphatic carbocycles. The molecule has 0 aromatic heterocycles. The number of hydrogen-bond acceptors (Lipinski definition) is 6. The largest absolute Gasteiger partial charge is 0.495 e. The van der Waals surface area contributed by atoms with Crippen LogP contribution in [0.15, 0.2) is 47.4 Å². The summed E-state index contributed by atoms with van der Waals surface area (Å²) >= 11 is 6.07. The van der Waals surface area contributed by atoms with E-state index in [1.54, 1.807) is 24.3 Å². The quantitative estimate of drug-likeness (QED) is 0.424. The summed E-state index contributed by atoms with van der Waals surface area (Å²) in [5.41, 5.74) is 0.172. The molecule has 2 aromatic rings. The van der Waals surface area contributed by atoms with Crippen LogP contribution in [0.3, 0.4) is 0 Å². The highest BCUT2D eigenvalue weighted by atomic mass is 35.5. The summed E-state index contributed by atoms with van der Waals surface area (Å²) < 4.78 is 37.5. The van der Waals surface area contributed by atoms with Crippen molar-refractivity contribution in [1.29, 1.82) is 0 Å². The van der Waals surface area contributed by atoms with E-state index in [1.165, 1.54) is 26.3 Å². The highest BCUT2D eigenvalue weighted by molar-refractivity contribution is 7.92. The van der Waals surface area contributed by atoms with E-state index >= 15 is 0 Å². The lowest BCUT2D eigenvalue weighted by atomic mass is 10.2. The number of carbonyl (C=O) groups is 2. The summed E-state index contributed by atoms with van der Waals surface area (Å²) in [6, 6.07) is 10.3. The minimum Gasteiger partial charge on any atom is -0.495 e. The Labute approximate surface area is 187 Å². The predicted octanol–water partition coefficient (Wildman–Crippen LogP) is 3.25. The number of sulfonamides is 1. The summed E-state index contributed by atoms with van der Waals surface area (Å²) in [6.45, 7) is 1.98. The topological polar surface area (TPSA) is 102 Å². The van der Waals surface area contributed by atoms with E-state index in [4.69, 9.17) is 21.1 Å². The number of carbonyl (C=O) groups excluding carboxylic acids is 2. The van der Waals surface area contributed by atoms with Crippen molar-refractivity contribution >= 4 is 39.2 Å². The van der Waals surface area contributed by atoms with Gasteiger partial charge in [-0.25, -0.2) is 13.2 Å². The Bertz CT molecular complexity index is 1040.